The number of benzene rings is 1. The highest BCUT2D eigenvalue weighted by atomic mass is 16.5. The minimum Gasteiger partial charge on any atom is -0.479 e. The van der Waals surface area contributed by atoms with Crippen LogP contribution in [0.15, 0.2) is 24.3 Å². The normalized spacial score (nSPS) is 25.7. The lowest BCUT2D eigenvalue weighted by Gasteiger charge is -2.58. The fourth-order valence-electron chi connectivity index (χ4n) is 3.84. The highest BCUT2D eigenvalue weighted by Gasteiger charge is 2.66. The van der Waals surface area contributed by atoms with Gasteiger partial charge < -0.3 is 15.2 Å². The van der Waals surface area contributed by atoms with Crippen LogP contribution < -0.4 is 5.32 Å². The molecule has 1 saturated carbocycles. The average molecular weight is 374 g/mol. The molecule has 2 aliphatic rings. The van der Waals surface area contributed by atoms with Crippen LogP contribution in [0.5, 0.6) is 0 Å². The van der Waals surface area contributed by atoms with Crippen LogP contribution in [0.1, 0.15) is 47.9 Å². The molecular formula is C19H22N2O6. The second kappa shape index (κ2) is 6.45. The molecule has 1 aliphatic heterocycles. The van der Waals surface area contributed by atoms with Crippen molar-refractivity contribution in [3.8, 4) is 0 Å². The first-order valence-electron chi connectivity index (χ1n) is 8.77. The number of amides is 3. The van der Waals surface area contributed by atoms with E-state index >= 15 is 0 Å². The van der Waals surface area contributed by atoms with Gasteiger partial charge in [0.2, 0.25) is 5.91 Å². The van der Waals surface area contributed by atoms with Crippen LogP contribution in [0.4, 0.5) is 0 Å². The second-order valence-corrected chi connectivity index (χ2v) is 7.37. The van der Waals surface area contributed by atoms with Crippen LogP contribution in [0.3, 0.4) is 0 Å². The molecule has 1 aromatic rings. The summed E-state index contributed by atoms with van der Waals surface area (Å²) in [5, 5.41) is 12.3. The molecular weight excluding hydrogens is 352 g/mol. The Bertz CT molecular complexity index is 798. The molecule has 3 rings (SSSR count). The molecule has 2 atom stereocenters. The first kappa shape index (κ1) is 19.0. The number of fused-ring (bicyclic) bond motifs is 1. The number of hydrogen-bond acceptors (Lipinski definition) is 5. The minimum absolute atomic E-state index is 0.122. The van der Waals surface area contributed by atoms with Gasteiger partial charge >= 0.3 is 5.97 Å². The lowest BCUT2D eigenvalue weighted by Crippen LogP contribution is -2.76. The van der Waals surface area contributed by atoms with Gasteiger partial charge in [0.15, 0.2) is 0 Å². The maximum atomic E-state index is 12.5. The molecule has 0 saturated heterocycles. The summed E-state index contributed by atoms with van der Waals surface area (Å²) < 4.78 is 5.56. The van der Waals surface area contributed by atoms with Crippen molar-refractivity contribution >= 4 is 23.7 Å². The van der Waals surface area contributed by atoms with Crippen molar-refractivity contribution in [3.05, 3.63) is 35.4 Å². The molecule has 0 bridgehead atoms. The van der Waals surface area contributed by atoms with Gasteiger partial charge in [-0.15, -0.1) is 0 Å². The summed E-state index contributed by atoms with van der Waals surface area (Å²) in [6, 6.07) is 6.32. The molecule has 8 nitrogen and oxygen atoms in total. The predicted molar refractivity (Wildman–Crippen MR) is 94.1 cm³/mol. The van der Waals surface area contributed by atoms with Gasteiger partial charge in [-0.2, -0.15) is 0 Å². The lowest BCUT2D eigenvalue weighted by molar-refractivity contribution is -0.194. The predicted octanol–water partition coefficient (Wildman–Crippen LogP) is 1.06. The van der Waals surface area contributed by atoms with Crippen LogP contribution >= 0.6 is 0 Å². The summed E-state index contributed by atoms with van der Waals surface area (Å²) in [6.07, 6.45) is -0.185. The highest BCUT2D eigenvalue weighted by Crippen LogP contribution is 2.51. The third-order valence-electron chi connectivity index (χ3n) is 5.66. The number of carbonyl (C=O) groups is 4. The van der Waals surface area contributed by atoms with Crippen LogP contribution in [0.2, 0.25) is 0 Å². The summed E-state index contributed by atoms with van der Waals surface area (Å²) in [6.45, 7) is 5.15. The van der Waals surface area contributed by atoms with E-state index in [2.05, 4.69) is 5.32 Å². The molecule has 2 unspecified atom stereocenters. The number of nitrogens with zero attached hydrogens (tertiary/aromatic N) is 1. The number of hydrogen-bond donors (Lipinski definition) is 2. The van der Waals surface area contributed by atoms with Crippen LogP contribution in [-0.2, 0) is 14.3 Å². The monoisotopic (exact) mass is 374 g/mol. The molecule has 0 radical (unpaired) electrons. The minimum atomic E-state index is -1.51. The average Bonchev–Trinajstić information content (AvgIpc) is 2.85. The van der Waals surface area contributed by atoms with Gasteiger partial charge in [-0.05, 0) is 19.1 Å². The molecule has 0 aromatic heterocycles. The van der Waals surface area contributed by atoms with Gasteiger partial charge in [-0.1, -0.05) is 26.0 Å². The number of rotatable bonds is 6. The third kappa shape index (κ3) is 2.71. The molecule has 1 aromatic carbocycles. The Balaban J connectivity index is 1.75. The topological polar surface area (TPSA) is 113 Å². The maximum Gasteiger partial charge on any atom is 0.330 e. The Morgan fingerprint density at radius 1 is 1.22 bits per heavy atom. The van der Waals surface area contributed by atoms with E-state index in [0.29, 0.717) is 6.61 Å². The maximum absolute atomic E-state index is 12.5. The Morgan fingerprint density at radius 3 is 2.22 bits per heavy atom. The quantitative estimate of drug-likeness (QED) is 0.720. The van der Waals surface area contributed by atoms with E-state index in [1.165, 1.54) is 12.1 Å². The number of carboxylic acid groups (broad SMARTS) is 1. The van der Waals surface area contributed by atoms with Crippen LogP contribution in [0, 0.1) is 5.41 Å². The van der Waals surface area contributed by atoms with Gasteiger partial charge in [0, 0.05) is 18.4 Å². The number of ether oxygens (including phenoxy) is 1. The first-order valence-corrected chi connectivity index (χ1v) is 8.77. The smallest absolute Gasteiger partial charge is 0.330 e. The number of nitrogens with one attached hydrogen (secondary N) is 1. The van der Waals surface area contributed by atoms with Gasteiger partial charge in [0.25, 0.3) is 11.8 Å². The van der Waals surface area contributed by atoms with Crippen molar-refractivity contribution in [2.75, 3.05) is 13.2 Å². The zero-order valence-corrected chi connectivity index (χ0v) is 15.4. The second-order valence-electron chi connectivity index (χ2n) is 7.37. The van der Waals surface area contributed by atoms with Gasteiger partial charge in [0.1, 0.15) is 12.1 Å². The molecule has 0 spiro atoms. The van der Waals surface area contributed by atoms with Crippen molar-refractivity contribution < 1.29 is 29.0 Å². The van der Waals surface area contributed by atoms with E-state index in [-0.39, 0.29) is 23.7 Å². The fraction of sp³-hybridized carbons (Fsp3) is 0.474. The van der Waals surface area contributed by atoms with Gasteiger partial charge in [0.05, 0.1) is 17.2 Å². The standard InChI is InChI=1S/C19H22N2O6/c1-4-27-13-9-19(17(25)26,18(13,2)3)20-14(22)10-21-15(23)11-7-5-6-8-12(11)16(21)24/h5-8,13H,4,9-10H2,1-3H3,(H,20,22)(H,25,26). The third-order valence-corrected chi connectivity index (χ3v) is 5.66. The number of carbonyl (C=O) groups excluding carboxylic acids is 3. The Hall–Kier alpha value is -2.74. The molecule has 1 aliphatic carbocycles. The van der Waals surface area contributed by atoms with E-state index in [1.807, 2.05) is 6.92 Å². The Kier molecular flexibility index (Phi) is 4.55. The highest BCUT2D eigenvalue weighted by molar-refractivity contribution is 6.22. The molecule has 144 valence electrons. The van der Waals surface area contributed by atoms with E-state index in [4.69, 9.17) is 4.74 Å². The Morgan fingerprint density at radius 2 is 1.78 bits per heavy atom. The van der Waals surface area contributed by atoms with Crippen molar-refractivity contribution in [3.63, 3.8) is 0 Å². The van der Waals surface area contributed by atoms with Crippen LogP contribution in [-0.4, -0.2) is 58.5 Å². The molecule has 1 heterocycles. The van der Waals surface area contributed by atoms with E-state index < -0.39 is 41.2 Å². The summed E-state index contributed by atoms with van der Waals surface area (Å²) in [5.74, 6) is -2.99. The van der Waals surface area contributed by atoms with Gasteiger partial charge in [-0.25, -0.2) is 4.79 Å². The van der Waals surface area contributed by atoms with Crippen LogP contribution in [0.25, 0.3) is 0 Å². The Labute approximate surface area is 156 Å². The first-order chi connectivity index (χ1) is 12.7. The van der Waals surface area contributed by atoms with Crippen molar-refractivity contribution in [2.24, 2.45) is 5.41 Å². The summed E-state index contributed by atoms with van der Waals surface area (Å²) >= 11 is 0. The van der Waals surface area contributed by atoms with E-state index in [1.54, 1.807) is 26.0 Å². The van der Waals surface area contributed by atoms with Crippen molar-refractivity contribution in [2.45, 2.75) is 38.8 Å². The van der Waals surface area contributed by atoms with E-state index in [0.717, 1.165) is 4.90 Å². The molecule has 8 heteroatoms. The van der Waals surface area contributed by atoms with Crippen molar-refractivity contribution in [1.82, 2.24) is 10.2 Å². The summed E-state index contributed by atoms with van der Waals surface area (Å²) in [5.41, 5.74) is -1.87. The molecule has 1 fully saturated rings. The number of imide groups is 1. The molecule has 3 amide bonds. The molecule has 2 N–H and O–H groups in total. The zero-order chi connectivity index (χ0) is 20.0. The van der Waals surface area contributed by atoms with E-state index in [9.17, 15) is 24.3 Å². The largest absolute Gasteiger partial charge is 0.479 e. The zero-order valence-electron chi connectivity index (χ0n) is 15.4. The number of aliphatic carboxylic acids is 1. The summed E-state index contributed by atoms with van der Waals surface area (Å²) in [7, 11) is 0. The van der Waals surface area contributed by atoms with Gasteiger partial charge in [-0.3, -0.25) is 19.3 Å². The fourth-order valence-corrected chi connectivity index (χ4v) is 3.84. The van der Waals surface area contributed by atoms with Crippen molar-refractivity contribution in [1.29, 1.82) is 0 Å². The SMILES string of the molecule is CCOC1CC(NC(=O)CN2C(=O)c3ccccc3C2=O)(C(=O)O)C1(C)C. The number of carboxylic acids is 1. The molecule has 27 heavy (non-hydrogen) atoms. The lowest BCUT2D eigenvalue weighted by atomic mass is 9.54. The summed E-state index contributed by atoms with van der Waals surface area (Å²) in [4.78, 5) is 50.1.